The van der Waals surface area contributed by atoms with Crippen LogP contribution >= 0.6 is 0 Å². The molecule has 0 bridgehead atoms. The van der Waals surface area contributed by atoms with E-state index in [2.05, 4.69) is 5.32 Å². The molecule has 2 N–H and O–H groups in total. The summed E-state index contributed by atoms with van der Waals surface area (Å²) in [5.74, 6) is 2.00. The molecule has 144 valence electrons. The highest BCUT2D eigenvalue weighted by Crippen LogP contribution is 2.38. The molecule has 1 unspecified atom stereocenters. The molecule has 6 nitrogen and oxygen atoms in total. The van der Waals surface area contributed by atoms with Crippen LogP contribution in [0.4, 0.5) is 5.69 Å². The lowest BCUT2D eigenvalue weighted by atomic mass is 9.86. The lowest BCUT2D eigenvalue weighted by Crippen LogP contribution is -2.46. The van der Waals surface area contributed by atoms with Gasteiger partial charge in [0.1, 0.15) is 6.04 Å². The van der Waals surface area contributed by atoms with E-state index >= 15 is 0 Å². The summed E-state index contributed by atoms with van der Waals surface area (Å²) in [6, 6.07) is 3.62. The van der Waals surface area contributed by atoms with Crippen LogP contribution in [0.3, 0.4) is 0 Å². The van der Waals surface area contributed by atoms with Crippen molar-refractivity contribution in [1.82, 2.24) is 4.90 Å². The Morgan fingerprint density at radius 2 is 1.85 bits per heavy atom. The van der Waals surface area contributed by atoms with Gasteiger partial charge < -0.3 is 24.8 Å². The number of benzene rings is 1. The number of amides is 1. The molecule has 1 aromatic carbocycles. The van der Waals surface area contributed by atoms with Gasteiger partial charge in [0.15, 0.2) is 11.5 Å². The van der Waals surface area contributed by atoms with Gasteiger partial charge in [0.25, 0.3) is 0 Å². The van der Waals surface area contributed by atoms with E-state index in [-0.39, 0.29) is 11.9 Å². The first-order valence-corrected chi connectivity index (χ1v) is 9.33. The molecular formula is C20H30N2O4. The maximum atomic E-state index is 12.9. The molecule has 26 heavy (non-hydrogen) atoms. The molecule has 1 amide bonds. The third-order valence-electron chi connectivity index (χ3n) is 5.38. The molecule has 2 aliphatic heterocycles. The summed E-state index contributed by atoms with van der Waals surface area (Å²) >= 11 is 0. The van der Waals surface area contributed by atoms with Crippen LogP contribution in [0.2, 0.25) is 0 Å². The van der Waals surface area contributed by atoms with Gasteiger partial charge in [-0.15, -0.1) is 0 Å². The number of ether oxygens (including phenoxy) is 2. The monoisotopic (exact) mass is 362 g/mol. The maximum absolute atomic E-state index is 12.9. The minimum absolute atomic E-state index is 0.154. The van der Waals surface area contributed by atoms with Crippen LogP contribution in [0.5, 0.6) is 11.5 Å². The number of carbonyl (C=O) groups excluding carboxylic acids is 1. The molecular weight excluding hydrogens is 332 g/mol. The molecule has 0 saturated carbocycles. The Labute approximate surface area is 155 Å². The van der Waals surface area contributed by atoms with E-state index < -0.39 is 5.60 Å². The van der Waals surface area contributed by atoms with Gasteiger partial charge in [0.05, 0.1) is 19.8 Å². The van der Waals surface area contributed by atoms with Crippen molar-refractivity contribution in [2.24, 2.45) is 5.92 Å². The number of carbonyl (C=O) groups is 1. The van der Waals surface area contributed by atoms with Crippen molar-refractivity contribution < 1.29 is 19.4 Å². The first-order valence-electron chi connectivity index (χ1n) is 9.33. The van der Waals surface area contributed by atoms with Crippen molar-refractivity contribution in [3.8, 4) is 11.5 Å². The third kappa shape index (κ3) is 4.06. The summed E-state index contributed by atoms with van der Waals surface area (Å²) in [7, 11) is 3.23. The zero-order valence-electron chi connectivity index (χ0n) is 16.2. The van der Waals surface area contributed by atoms with E-state index in [0.29, 0.717) is 23.8 Å². The lowest BCUT2D eigenvalue weighted by molar-refractivity contribution is -0.133. The van der Waals surface area contributed by atoms with E-state index in [9.17, 15) is 9.90 Å². The van der Waals surface area contributed by atoms with Crippen LogP contribution < -0.4 is 14.8 Å². The number of anilines is 1. The van der Waals surface area contributed by atoms with Gasteiger partial charge in [-0.2, -0.15) is 0 Å². The number of methoxy groups -OCH3 is 2. The summed E-state index contributed by atoms with van der Waals surface area (Å²) in [5, 5.41) is 13.3. The third-order valence-corrected chi connectivity index (χ3v) is 5.38. The highest BCUT2D eigenvalue weighted by atomic mass is 16.5. The van der Waals surface area contributed by atoms with Gasteiger partial charge in [-0.25, -0.2) is 0 Å². The van der Waals surface area contributed by atoms with Gasteiger partial charge in [-0.3, -0.25) is 4.79 Å². The van der Waals surface area contributed by atoms with E-state index in [1.54, 1.807) is 14.2 Å². The van der Waals surface area contributed by atoms with Crippen LogP contribution in [0.25, 0.3) is 0 Å². The summed E-state index contributed by atoms with van der Waals surface area (Å²) in [6.45, 7) is 5.24. The minimum Gasteiger partial charge on any atom is -0.493 e. The molecule has 1 aromatic rings. The van der Waals surface area contributed by atoms with Crippen molar-refractivity contribution in [2.75, 3.05) is 32.6 Å². The Hall–Kier alpha value is -1.95. The Kier molecular flexibility index (Phi) is 5.32. The van der Waals surface area contributed by atoms with Crippen LogP contribution in [0.15, 0.2) is 12.1 Å². The molecule has 1 atom stereocenters. The number of nitrogens with zero attached hydrogens (tertiary/aromatic N) is 1. The zero-order valence-corrected chi connectivity index (χ0v) is 16.2. The van der Waals surface area contributed by atoms with Gasteiger partial charge in [-0.05, 0) is 50.7 Å². The predicted octanol–water partition coefficient (Wildman–Crippen LogP) is 2.44. The number of aliphatic hydroxyl groups is 1. The summed E-state index contributed by atoms with van der Waals surface area (Å²) in [4.78, 5) is 14.9. The highest BCUT2D eigenvalue weighted by molar-refractivity contribution is 5.88. The van der Waals surface area contributed by atoms with Crippen molar-refractivity contribution in [1.29, 1.82) is 0 Å². The van der Waals surface area contributed by atoms with Crippen molar-refractivity contribution in [2.45, 2.75) is 51.2 Å². The van der Waals surface area contributed by atoms with E-state index in [0.717, 1.165) is 43.6 Å². The molecule has 0 aromatic heterocycles. The first-order chi connectivity index (χ1) is 12.3. The number of fused-ring (bicyclic) bond motifs is 1. The molecule has 2 heterocycles. The standard InChI is InChI=1S/C20H30N2O4/c1-20(2,24)12-13-5-7-22(8-6-13)19(23)16-9-14-10-17(25-3)18(26-4)11-15(14)21-16/h10-11,13,16,21,24H,5-9,12H2,1-4H3. The van der Waals surface area contributed by atoms with Crippen molar-refractivity contribution in [3.05, 3.63) is 17.7 Å². The Bertz CT molecular complexity index is 628. The summed E-state index contributed by atoms with van der Waals surface area (Å²) in [5.41, 5.74) is 1.39. The molecule has 3 rings (SSSR count). The van der Waals surface area contributed by atoms with E-state index in [4.69, 9.17) is 9.47 Å². The van der Waals surface area contributed by atoms with E-state index in [1.807, 2.05) is 30.9 Å². The van der Waals surface area contributed by atoms with Crippen LogP contribution in [0, 0.1) is 5.92 Å². The minimum atomic E-state index is -0.635. The molecule has 2 aliphatic rings. The maximum Gasteiger partial charge on any atom is 0.245 e. The molecule has 1 saturated heterocycles. The number of hydrogen-bond acceptors (Lipinski definition) is 5. The Morgan fingerprint density at radius 3 is 2.42 bits per heavy atom. The Balaban J connectivity index is 1.60. The average Bonchev–Trinajstić information content (AvgIpc) is 3.02. The zero-order chi connectivity index (χ0) is 18.9. The smallest absolute Gasteiger partial charge is 0.245 e. The first kappa shape index (κ1) is 18.8. The fourth-order valence-corrected chi connectivity index (χ4v) is 4.12. The second-order valence-corrected chi connectivity index (χ2v) is 8.05. The largest absolute Gasteiger partial charge is 0.493 e. The number of likely N-dealkylation sites (tertiary alicyclic amines) is 1. The van der Waals surface area contributed by atoms with E-state index in [1.165, 1.54) is 0 Å². The second kappa shape index (κ2) is 7.35. The SMILES string of the molecule is COc1cc2c(cc1OC)NC(C(=O)N1CCC(CC(C)(C)O)CC1)C2. The topological polar surface area (TPSA) is 71.0 Å². The van der Waals surface area contributed by atoms with Gasteiger partial charge in [0.2, 0.25) is 5.91 Å². The summed E-state index contributed by atoms with van der Waals surface area (Å²) < 4.78 is 10.7. The van der Waals surface area contributed by atoms with Crippen molar-refractivity contribution >= 4 is 11.6 Å². The molecule has 0 aliphatic carbocycles. The quantitative estimate of drug-likeness (QED) is 0.842. The number of nitrogens with one attached hydrogen (secondary N) is 1. The predicted molar refractivity (Wildman–Crippen MR) is 101 cm³/mol. The van der Waals surface area contributed by atoms with Gasteiger partial charge >= 0.3 is 0 Å². The second-order valence-electron chi connectivity index (χ2n) is 8.05. The lowest BCUT2D eigenvalue weighted by Gasteiger charge is -2.35. The average molecular weight is 362 g/mol. The van der Waals surface area contributed by atoms with Crippen LogP contribution in [-0.2, 0) is 11.2 Å². The Morgan fingerprint density at radius 1 is 1.23 bits per heavy atom. The van der Waals surface area contributed by atoms with Crippen LogP contribution in [-0.4, -0.2) is 54.9 Å². The fraction of sp³-hybridized carbons (Fsp3) is 0.650. The van der Waals surface area contributed by atoms with Gasteiger partial charge in [0, 0.05) is 31.3 Å². The van der Waals surface area contributed by atoms with Gasteiger partial charge in [-0.1, -0.05) is 0 Å². The molecule has 1 fully saturated rings. The molecule has 6 heteroatoms. The number of hydrogen-bond donors (Lipinski definition) is 2. The summed E-state index contributed by atoms with van der Waals surface area (Å²) in [6.07, 6.45) is 3.37. The molecule has 0 spiro atoms. The number of piperidine rings is 1. The van der Waals surface area contributed by atoms with Crippen LogP contribution in [0.1, 0.15) is 38.7 Å². The van der Waals surface area contributed by atoms with Crippen molar-refractivity contribution in [3.63, 3.8) is 0 Å². The molecule has 0 radical (unpaired) electrons. The fourth-order valence-electron chi connectivity index (χ4n) is 4.12. The normalized spacial score (nSPS) is 20.5. The number of rotatable bonds is 5. The highest BCUT2D eigenvalue weighted by Gasteiger charge is 2.34.